The molecule has 0 aliphatic heterocycles. The van der Waals surface area contributed by atoms with Gasteiger partial charge in [0.05, 0.1) is 15.6 Å². The molecule has 1 unspecified atom stereocenters. The van der Waals surface area contributed by atoms with Gasteiger partial charge in [-0.25, -0.2) is 0 Å². The normalized spacial score (nSPS) is 12.9. The summed E-state index contributed by atoms with van der Waals surface area (Å²) in [5, 5.41) is 1.06. The largest absolute Gasteiger partial charge is 0.294 e. The molecule has 0 spiro atoms. The molecule has 1 atom stereocenters. The van der Waals surface area contributed by atoms with Crippen LogP contribution in [0, 0.1) is 11.8 Å². The van der Waals surface area contributed by atoms with E-state index in [-0.39, 0.29) is 17.6 Å². The van der Waals surface area contributed by atoms with Crippen molar-refractivity contribution >= 4 is 40.6 Å². The summed E-state index contributed by atoms with van der Waals surface area (Å²) in [4.78, 5) is 12.1. The maximum absolute atomic E-state index is 12.1. The Morgan fingerprint density at radius 1 is 1.06 bits per heavy atom. The molecule has 16 heavy (non-hydrogen) atoms. The van der Waals surface area contributed by atoms with Gasteiger partial charge < -0.3 is 0 Å². The highest BCUT2D eigenvalue weighted by Gasteiger charge is 2.23. The van der Waals surface area contributed by atoms with Gasteiger partial charge in [0.15, 0.2) is 5.78 Å². The second kappa shape index (κ2) is 5.39. The molecule has 4 heteroatoms. The molecule has 1 nitrogen and oxygen atoms in total. The third-order valence-electron chi connectivity index (χ3n) is 2.67. The van der Waals surface area contributed by atoms with Crippen LogP contribution in [-0.4, -0.2) is 5.78 Å². The van der Waals surface area contributed by atoms with Crippen LogP contribution in [0.1, 0.15) is 31.1 Å². The fraction of sp³-hybridized carbons (Fsp3) is 0.417. The third kappa shape index (κ3) is 2.91. The quantitative estimate of drug-likeness (QED) is 0.702. The topological polar surface area (TPSA) is 17.1 Å². The van der Waals surface area contributed by atoms with Gasteiger partial charge in [0, 0.05) is 10.9 Å². The Bertz CT molecular complexity index is 390. The van der Waals surface area contributed by atoms with Crippen LogP contribution >= 0.6 is 34.8 Å². The molecule has 0 fully saturated rings. The van der Waals surface area contributed by atoms with E-state index in [4.69, 9.17) is 34.8 Å². The van der Waals surface area contributed by atoms with E-state index < -0.39 is 0 Å². The molecule has 1 aromatic carbocycles. The first kappa shape index (κ1) is 13.8. The lowest BCUT2D eigenvalue weighted by atomic mass is 9.90. The fourth-order valence-electron chi connectivity index (χ4n) is 1.31. The van der Waals surface area contributed by atoms with Crippen LogP contribution in [0.25, 0.3) is 0 Å². The van der Waals surface area contributed by atoms with Crippen molar-refractivity contribution in [2.24, 2.45) is 11.8 Å². The van der Waals surface area contributed by atoms with Crippen molar-refractivity contribution in [1.29, 1.82) is 0 Å². The number of rotatable bonds is 3. The Morgan fingerprint density at radius 2 is 1.50 bits per heavy atom. The molecule has 88 valence electrons. The zero-order valence-corrected chi connectivity index (χ0v) is 11.6. The molecule has 0 bridgehead atoms. The number of carbonyl (C=O) groups excluding carboxylic acids is 1. The van der Waals surface area contributed by atoms with Crippen molar-refractivity contribution in [3.05, 3.63) is 32.8 Å². The fourth-order valence-corrected chi connectivity index (χ4v) is 2.31. The van der Waals surface area contributed by atoms with Gasteiger partial charge in [0.1, 0.15) is 0 Å². The minimum Gasteiger partial charge on any atom is -0.294 e. The van der Waals surface area contributed by atoms with E-state index >= 15 is 0 Å². The van der Waals surface area contributed by atoms with Crippen LogP contribution in [0.5, 0.6) is 0 Å². The molecule has 0 saturated heterocycles. The minimum absolute atomic E-state index is 0.0401. The van der Waals surface area contributed by atoms with Crippen LogP contribution in [-0.2, 0) is 0 Å². The molecule has 1 aromatic rings. The number of hydrogen-bond acceptors (Lipinski definition) is 1. The van der Waals surface area contributed by atoms with Gasteiger partial charge in [-0.2, -0.15) is 0 Å². The zero-order chi connectivity index (χ0) is 12.5. The van der Waals surface area contributed by atoms with E-state index in [0.717, 1.165) is 0 Å². The van der Waals surface area contributed by atoms with Gasteiger partial charge in [-0.1, -0.05) is 55.6 Å². The summed E-state index contributed by atoms with van der Waals surface area (Å²) < 4.78 is 0. The van der Waals surface area contributed by atoms with Crippen molar-refractivity contribution in [3.8, 4) is 0 Å². The summed E-state index contributed by atoms with van der Waals surface area (Å²) in [5.74, 6) is 0.0909. The second-order valence-corrected chi connectivity index (χ2v) is 5.39. The van der Waals surface area contributed by atoms with Crippen molar-refractivity contribution in [2.75, 3.05) is 0 Å². The molecule has 0 saturated carbocycles. The van der Waals surface area contributed by atoms with Crippen LogP contribution in [0.3, 0.4) is 0 Å². The molecular weight excluding hydrogens is 266 g/mol. The Labute approximate surface area is 111 Å². The number of Topliss-reactive ketones (excluding diaryl/α,β-unsaturated/α-hetero) is 1. The summed E-state index contributed by atoms with van der Waals surface area (Å²) in [5.41, 5.74) is 0.369. The van der Waals surface area contributed by atoms with Gasteiger partial charge in [-0.15, -0.1) is 0 Å². The van der Waals surface area contributed by atoms with Gasteiger partial charge in [-0.3, -0.25) is 4.79 Å². The molecule has 0 aliphatic rings. The second-order valence-electron chi connectivity index (χ2n) is 4.14. The Morgan fingerprint density at radius 3 is 1.88 bits per heavy atom. The average Bonchev–Trinajstić information content (AvgIpc) is 2.14. The summed E-state index contributed by atoms with van der Waals surface area (Å²) in [7, 11) is 0. The van der Waals surface area contributed by atoms with Crippen LogP contribution in [0.15, 0.2) is 12.1 Å². The molecular formula is C12H13Cl3O. The smallest absolute Gasteiger partial charge is 0.168 e. The minimum atomic E-state index is -0.115. The molecule has 0 amide bonds. The number of benzene rings is 1. The third-order valence-corrected chi connectivity index (χ3v) is 3.48. The van der Waals surface area contributed by atoms with Crippen molar-refractivity contribution in [1.82, 2.24) is 0 Å². The summed E-state index contributed by atoms with van der Waals surface area (Å²) >= 11 is 17.8. The SMILES string of the molecule is CC(C)C(C)C(=O)c1c(Cl)cc(Cl)cc1Cl. The first-order chi connectivity index (χ1) is 7.34. The standard InChI is InChI=1S/C12H13Cl3O/c1-6(2)7(3)12(16)11-9(14)4-8(13)5-10(11)15/h4-7H,1-3H3. The highest BCUT2D eigenvalue weighted by molar-refractivity contribution is 6.42. The Balaban J connectivity index is 3.19. The molecule has 1 rings (SSSR count). The lowest BCUT2D eigenvalue weighted by Gasteiger charge is -2.16. The molecule has 0 heterocycles. The summed E-state index contributed by atoms with van der Waals surface area (Å²) in [6.45, 7) is 5.84. The average molecular weight is 280 g/mol. The van der Waals surface area contributed by atoms with E-state index in [1.807, 2.05) is 20.8 Å². The summed E-state index contributed by atoms with van der Waals surface area (Å²) in [6, 6.07) is 3.07. The zero-order valence-electron chi connectivity index (χ0n) is 9.35. The van der Waals surface area contributed by atoms with Gasteiger partial charge in [0.2, 0.25) is 0 Å². The number of carbonyl (C=O) groups is 1. The van der Waals surface area contributed by atoms with Crippen LogP contribution in [0.2, 0.25) is 15.1 Å². The van der Waals surface area contributed by atoms with Gasteiger partial charge >= 0.3 is 0 Å². The maximum atomic E-state index is 12.1. The van der Waals surface area contributed by atoms with E-state index in [1.54, 1.807) is 0 Å². The lowest BCUT2D eigenvalue weighted by molar-refractivity contribution is 0.0900. The first-order valence-electron chi connectivity index (χ1n) is 5.03. The Kier molecular flexibility index (Phi) is 4.66. The van der Waals surface area contributed by atoms with E-state index in [0.29, 0.717) is 20.6 Å². The van der Waals surface area contributed by atoms with Gasteiger partial charge in [0.25, 0.3) is 0 Å². The number of ketones is 1. The van der Waals surface area contributed by atoms with Crippen molar-refractivity contribution in [3.63, 3.8) is 0 Å². The highest BCUT2D eigenvalue weighted by Crippen LogP contribution is 2.32. The molecule has 0 radical (unpaired) electrons. The van der Waals surface area contributed by atoms with Crippen molar-refractivity contribution in [2.45, 2.75) is 20.8 Å². The molecule has 0 N–H and O–H groups in total. The summed E-state index contributed by atoms with van der Waals surface area (Å²) in [6.07, 6.45) is 0. The predicted octanol–water partition coefficient (Wildman–Crippen LogP) is 5.12. The van der Waals surface area contributed by atoms with Crippen molar-refractivity contribution < 1.29 is 4.79 Å². The molecule has 0 aliphatic carbocycles. The van der Waals surface area contributed by atoms with E-state index in [9.17, 15) is 4.79 Å². The van der Waals surface area contributed by atoms with Crippen LogP contribution in [0.4, 0.5) is 0 Å². The Hall–Kier alpha value is -0.240. The lowest BCUT2D eigenvalue weighted by Crippen LogP contribution is -2.17. The van der Waals surface area contributed by atoms with E-state index in [2.05, 4.69) is 0 Å². The van der Waals surface area contributed by atoms with Gasteiger partial charge in [-0.05, 0) is 18.1 Å². The predicted molar refractivity (Wildman–Crippen MR) is 69.8 cm³/mol. The number of halogens is 3. The number of hydrogen-bond donors (Lipinski definition) is 0. The first-order valence-corrected chi connectivity index (χ1v) is 6.16. The maximum Gasteiger partial charge on any atom is 0.168 e. The monoisotopic (exact) mass is 278 g/mol. The van der Waals surface area contributed by atoms with Crippen LogP contribution < -0.4 is 0 Å². The molecule has 0 aromatic heterocycles. The highest BCUT2D eigenvalue weighted by atomic mass is 35.5. The van der Waals surface area contributed by atoms with E-state index in [1.165, 1.54) is 12.1 Å².